The Kier molecular flexibility index (Phi) is 17.2. The number of carboxylic acid groups (broad SMARTS) is 1. The molecule has 0 bridgehead atoms. The number of rotatable bonds is 16. The highest BCUT2D eigenvalue weighted by Gasteiger charge is 2.31. The van der Waals surface area contributed by atoms with E-state index < -0.39 is 42.2 Å². The molecule has 0 aromatic rings. The number of allylic oxidation sites excluding steroid dienone is 11. The number of aliphatic hydroxyl groups is 4. The fourth-order valence-electron chi connectivity index (χ4n) is 4.13. The number of amides is 1. The molecule has 41 heavy (non-hydrogen) atoms. The van der Waals surface area contributed by atoms with Gasteiger partial charge in [-0.15, -0.1) is 0 Å². The third kappa shape index (κ3) is 15.2. The summed E-state index contributed by atoms with van der Waals surface area (Å²) in [6.07, 6.45) is 16.7. The zero-order valence-electron chi connectivity index (χ0n) is 24.3. The van der Waals surface area contributed by atoms with Gasteiger partial charge in [0.25, 0.3) is 0 Å². The van der Waals surface area contributed by atoms with Gasteiger partial charge < -0.3 is 30.8 Å². The normalized spacial score (nSPS) is 22.9. The first-order valence-corrected chi connectivity index (χ1v) is 14.4. The maximum Gasteiger partial charge on any atom is 0.306 e. The lowest BCUT2D eigenvalue weighted by molar-refractivity contribution is -0.141. The predicted molar refractivity (Wildman–Crippen MR) is 163 cm³/mol. The minimum atomic E-state index is -1.49. The molecule has 228 valence electrons. The van der Waals surface area contributed by atoms with Crippen molar-refractivity contribution in [3.05, 3.63) is 83.5 Å². The summed E-state index contributed by atoms with van der Waals surface area (Å²) in [6, 6.07) is -0.113. The van der Waals surface area contributed by atoms with E-state index in [2.05, 4.69) is 5.32 Å². The molecule has 1 aliphatic rings. The quantitative estimate of drug-likeness (QED) is 0.116. The number of nitrogens with one attached hydrogen (secondary N) is 1. The van der Waals surface area contributed by atoms with E-state index in [9.17, 15) is 30.0 Å². The molecule has 1 aliphatic carbocycles. The Hall–Kier alpha value is -2.75. The second kappa shape index (κ2) is 19.4. The van der Waals surface area contributed by atoms with E-state index >= 15 is 0 Å². The van der Waals surface area contributed by atoms with Crippen LogP contribution in [0.1, 0.15) is 53.4 Å². The molecule has 0 aliphatic heterocycles. The Labute approximate surface area is 248 Å². The molecular weight excluding hydrogens is 546 g/mol. The maximum absolute atomic E-state index is 12.0. The Balaban J connectivity index is 2.52. The number of carbonyl (C=O) groups excluding carboxylic acids is 1. The van der Waals surface area contributed by atoms with Crippen LogP contribution in [0.5, 0.6) is 0 Å². The molecule has 0 heterocycles. The Morgan fingerprint density at radius 3 is 2.15 bits per heavy atom. The van der Waals surface area contributed by atoms with E-state index in [-0.39, 0.29) is 23.4 Å². The second-order valence-electron chi connectivity index (χ2n) is 10.8. The first-order valence-electron chi connectivity index (χ1n) is 14.0. The minimum Gasteiger partial charge on any atom is -0.481 e. The van der Waals surface area contributed by atoms with Crippen LogP contribution >= 0.6 is 11.6 Å². The standard InChI is InChI=1S/C32H46ClNO7/c1-21(2)11-5-8-14-26(35)20-28(36)31(39)30(38)23(4)27(33)15-9-6-12-22(3)13-7-10-16-29(37)34-25-18-17-24(19-25)32(40)41/h5-16,21,23-26,28,30-31,35-36,38-39H,17-20H2,1-4H3,(H,34,37)(H,40,41). The molecule has 0 aromatic carbocycles. The largest absolute Gasteiger partial charge is 0.481 e. The zero-order chi connectivity index (χ0) is 30.9. The summed E-state index contributed by atoms with van der Waals surface area (Å²) in [4.78, 5) is 23.0. The van der Waals surface area contributed by atoms with Crippen LogP contribution in [-0.2, 0) is 9.59 Å². The summed E-state index contributed by atoms with van der Waals surface area (Å²) in [5.41, 5.74) is 0.898. The Bertz CT molecular complexity index is 1040. The van der Waals surface area contributed by atoms with E-state index in [1.54, 1.807) is 49.5 Å². The van der Waals surface area contributed by atoms with Crippen LogP contribution in [0.25, 0.3) is 0 Å². The topological polar surface area (TPSA) is 147 Å². The number of aliphatic hydroxyl groups excluding tert-OH is 4. The fourth-order valence-corrected chi connectivity index (χ4v) is 4.33. The van der Waals surface area contributed by atoms with Crippen LogP contribution in [0, 0.1) is 17.8 Å². The van der Waals surface area contributed by atoms with Crippen LogP contribution in [0.4, 0.5) is 0 Å². The van der Waals surface area contributed by atoms with Crippen molar-refractivity contribution in [1.82, 2.24) is 5.32 Å². The highest BCUT2D eigenvalue weighted by Crippen LogP contribution is 2.26. The molecule has 1 rings (SSSR count). The van der Waals surface area contributed by atoms with Crippen LogP contribution in [0.2, 0.25) is 0 Å². The average molecular weight is 592 g/mol. The molecule has 0 spiro atoms. The Morgan fingerprint density at radius 1 is 0.878 bits per heavy atom. The lowest BCUT2D eigenvalue weighted by Crippen LogP contribution is -2.42. The van der Waals surface area contributed by atoms with Crippen LogP contribution in [0.15, 0.2) is 83.5 Å². The molecule has 1 amide bonds. The van der Waals surface area contributed by atoms with E-state index in [1.165, 1.54) is 12.2 Å². The molecule has 7 atom stereocenters. The van der Waals surface area contributed by atoms with E-state index in [0.29, 0.717) is 25.2 Å². The lowest BCUT2D eigenvalue weighted by atomic mass is 9.93. The smallest absolute Gasteiger partial charge is 0.306 e. The average Bonchev–Trinajstić information content (AvgIpc) is 3.38. The van der Waals surface area contributed by atoms with Crippen molar-refractivity contribution in [2.45, 2.75) is 83.8 Å². The molecule has 7 unspecified atom stereocenters. The van der Waals surface area contributed by atoms with Crippen molar-refractivity contribution in [3.8, 4) is 0 Å². The van der Waals surface area contributed by atoms with E-state index in [0.717, 1.165) is 5.57 Å². The van der Waals surface area contributed by atoms with Gasteiger partial charge >= 0.3 is 5.97 Å². The first kappa shape index (κ1) is 36.3. The van der Waals surface area contributed by atoms with Crippen molar-refractivity contribution in [2.24, 2.45) is 17.8 Å². The van der Waals surface area contributed by atoms with Gasteiger partial charge in [-0.25, -0.2) is 0 Å². The van der Waals surface area contributed by atoms with Gasteiger partial charge in [0.05, 0.1) is 24.2 Å². The van der Waals surface area contributed by atoms with Gasteiger partial charge in [0.15, 0.2) is 0 Å². The third-order valence-electron chi connectivity index (χ3n) is 6.69. The van der Waals surface area contributed by atoms with E-state index in [4.69, 9.17) is 16.7 Å². The molecule has 9 heteroatoms. The first-order chi connectivity index (χ1) is 19.3. The zero-order valence-corrected chi connectivity index (χ0v) is 25.1. The minimum absolute atomic E-state index is 0.113. The van der Waals surface area contributed by atoms with Gasteiger partial charge in [-0.1, -0.05) is 98.7 Å². The van der Waals surface area contributed by atoms with Crippen LogP contribution in [-0.4, -0.2) is 67.9 Å². The molecule has 8 nitrogen and oxygen atoms in total. The van der Waals surface area contributed by atoms with Crippen LogP contribution in [0.3, 0.4) is 0 Å². The van der Waals surface area contributed by atoms with Crippen LogP contribution < -0.4 is 5.32 Å². The molecule has 6 N–H and O–H groups in total. The third-order valence-corrected chi connectivity index (χ3v) is 7.16. The molecule has 0 radical (unpaired) electrons. The van der Waals surface area contributed by atoms with Gasteiger partial charge in [-0.3, -0.25) is 9.59 Å². The lowest BCUT2D eigenvalue weighted by Gasteiger charge is -2.27. The summed E-state index contributed by atoms with van der Waals surface area (Å²) in [5.74, 6) is -1.75. The van der Waals surface area contributed by atoms with Gasteiger partial charge in [-0.2, -0.15) is 0 Å². The van der Waals surface area contributed by atoms with Gasteiger partial charge in [-0.05, 0) is 38.2 Å². The highest BCUT2D eigenvalue weighted by atomic mass is 35.5. The number of carboxylic acids is 1. The van der Waals surface area contributed by atoms with Gasteiger partial charge in [0.1, 0.15) is 6.10 Å². The summed E-state index contributed by atoms with van der Waals surface area (Å²) >= 11 is 6.30. The predicted octanol–water partition coefficient (Wildman–Crippen LogP) is 4.33. The Morgan fingerprint density at radius 2 is 1.51 bits per heavy atom. The molecule has 1 fully saturated rings. The molecule has 0 saturated heterocycles. The number of hydrogen-bond donors (Lipinski definition) is 6. The summed E-state index contributed by atoms with van der Waals surface area (Å²) < 4.78 is 0. The van der Waals surface area contributed by atoms with Crippen molar-refractivity contribution in [2.75, 3.05) is 0 Å². The molecular formula is C32H46ClNO7. The fraction of sp³-hybridized carbons (Fsp3) is 0.500. The van der Waals surface area contributed by atoms with Crippen molar-refractivity contribution in [3.63, 3.8) is 0 Å². The number of halogens is 1. The van der Waals surface area contributed by atoms with Crippen molar-refractivity contribution in [1.29, 1.82) is 0 Å². The maximum atomic E-state index is 12.0. The summed E-state index contributed by atoms with van der Waals surface area (Å²) in [5, 5.41) is 53.3. The summed E-state index contributed by atoms with van der Waals surface area (Å²) in [6.45, 7) is 7.56. The molecule has 0 aromatic heterocycles. The highest BCUT2D eigenvalue weighted by molar-refractivity contribution is 6.30. The number of aliphatic carboxylic acids is 1. The monoisotopic (exact) mass is 591 g/mol. The van der Waals surface area contributed by atoms with Gasteiger partial charge in [0.2, 0.25) is 5.91 Å². The SMILES string of the molecule is CC(C=CC=CC(=O)NC1CCC(C(=O)O)C1)=CC=CC=C(Cl)C(C)C(O)C(O)C(O)CC(O)C=CC=CC(C)C. The van der Waals surface area contributed by atoms with Crippen molar-refractivity contribution < 1.29 is 35.1 Å². The molecule has 1 saturated carbocycles. The number of hydrogen-bond acceptors (Lipinski definition) is 6. The number of carbonyl (C=O) groups is 2. The van der Waals surface area contributed by atoms with Gasteiger partial charge in [0, 0.05) is 29.5 Å². The van der Waals surface area contributed by atoms with E-state index in [1.807, 2.05) is 39.0 Å². The summed E-state index contributed by atoms with van der Waals surface area (Å²) in [7, 11) is 0. The second-order valence-corrected chi connectivity index (χ2v) is 11.2. The van der Waals surface area contributed by atoms with Crippen molar-refractivity contribution >= 4 is 23.5 Å².